The van der Waals surface area contributed by atoms with E-state index in [0.29, 0.717) is 6.61 Å². The predicted octanol–water partition coefficient (Wildman–Crippen LogP) is 1.82. The molecule has 0 bridgehead atoms. The van der Waals surface area contributed by atoms with Gasteiger partial charge in [0.05, 0.1) is 13.0 Å². The molecule has 20 heavy (non-hydrogen) atoms. The van der Waals surface area contributed by atoms with Crippen molar-refractivity contribution >= 4 is 11.9 Å². The minimum atomic E-state index is -0.922. The van der Waals surface area contributed by atoms with E-state index in [9.17, 15) is 9.59 Å². The molecule has 0 spiro atoms. The SMILES string of the molecule is CC(C)C(CC(=O)O)NC(=O)COCc1ccccc1. The quantitative estimate of drug-likeness (QED) is 0.761. The second kappa shape index (κ2) is 8.32. The number of ether oxygens (including phenoxy) is 1. The molecule has 0 aliphatic rings. The van der Waals surface area contributed by atoms with E-state index in [2.05, 4.69) is 5.32 Å². The number of benzene rings is 1. The van der Waals surface area contributed by atoms with E-state index in [4.69, 9.17) is 9.84 Å². The summed E-state index contributed by atoms with van der Waals surface area (Å²) in [4.78, 5) is 22.4. The molecule has 1 rings (SSSR count). The maximum atomic E-state index is 11.7. The van der Waals surface area contributed by atoms with Gasteiger partial charge >= 0.3 is 5.97 Å². The Labute approximate surface area is 118 Å². The molecule has 1 aromatic carbocycles. The van der Waals surface area contributed by atoms with E-state index >= 15 is 0 Å². The van der Waals surface area contributed by atoms with Crippen LogP contribution < -0.4 is 5.32 Å². The van der Waals surface area contributed by atoms with Crippen molar-refractivity contribution in [2.24, 2.45) is 5.92 Å². The molecule has 0 saturated heterocycles. The van der Waals surface area contributed by atoms with Gasteiger partial charge in [0.2, 0.25) is 5.91 Å². The number of hydrogen-bond donors (Lipinski definition) is 2. The van der Waals surface area contributed by atoms with Crippen LogP contribution in [0, 0.1) is 5.92 Å². The van der Waals surface area contributed by atoms with E-state index in [1.165, 1.54) is 0 Å². The molecule has 0 saturated carbocycles. The summed E-state index contributed by atoms with van der Waals surface area (Å²) >= 11 is 0. The average molecular weight is 279 g/mol. The topological polar surface area (TPSA) is 75.6 Å². The highest BCUT2D eigenvalue weighted by Gasteiger charge is 2.19. The zero-order valence-electron chi connectivity index (χ0n) is 11.8. The Balaban J connectivity index is 2.33. The number of aliphatic carboxylic acids is 1. The van der Waals surface area contributed by atoms with Gasteiger partial charge in [0.1, 0.15) is 6.61 Å². The van der Waals surface area contributed by atoms with E-state index in [-0.39, 0.29) is 30.9 Å². The van der Waals surface area contributed by atoms with Crippen LogP contribution in [0.4, 0.5) is 0 Å². The lowest BCUT2D eigenvalue weighted by atomic mass is 10.0. The molecule has 5 heteroatoms. The van der Waals surface area contributed by atoms with Crippen molar-refractivity contribution < 1.29 is 19.4 Å². The van der Waals surface area contributed by atoms with Crippen LogP contribution in [-0.2, 0) is 20.9 Å². The maximum absolute atomic E-state index is 11.7. The van der Waals surface area contributed by atoms with Crippen LogP contribution in [0.15, 0.2) is 30.3 Å². The standard InChI is InChI=1S/C15H21NO4/c1-11(2)13(8-15(18)19)16-14(17)10-20-9-12-6-4-3-5-7-12/h3-7,11,13H,8-10H2,1-2H3,(H,16,17)(H,18,19). The number of hydrogen-bond acceptors (Lipinski definition) is 3. The molecule has 1 amide bonds. The molecule has 0 aromatic heterocycles. The van der Waals surface area contributed by atoms with Gasteiger partial charge in [-0.15, -0.1) is 0 Å². The molecule has 110 valence electrons. The summed E-state index contributed by atoms with van der Waals surface area (Å²) in [6.07, 6.45) is -0.0813. The summed E-state index contributed by atoms with van der Waals surface area (Å²) in [5.74, 6) is -1.15. The van der Waals surface area contributed by atoms with Crippen LogP contribution in [0.3, 0.4) is 0 Å². The number of carboxylic acid groups (broad SMARTS) is 1. The van der Waals surface area contributed by atoms with Crippen LogP contribution in [0.1, 0.15) is 25.8 Å². The van der Waals surface area contributed by atoms with Crippen molar-refractivity contribution in [1.82, 2.24) is 5.32 Å². The van der Waals surface area contributed by atoms with Gasteiger partial charge in [-0.1, -0.05) is 44.2 Å². The molecule has 0 aliphatic heterocycles. The van der Waals surface area contributed by atoms with Crippen molar-refractivity contribution in [3.63, 3.8) is 0 Å². The minimum Gasteiger partial charge on any atom is -0.481 e. The normalized spacial score (nSPS) is 12.2. The van der Waals surface area contributed by atoms with Crippen LogP contribution >= 0.6 is 0 Å². The number of carboxylic acids is 1. The number of carbonyl (C=O) groups is 2. The molecule has 0 radical (unpaired) electrons. The molecule has 0 heterocycles. The third-order valence-electron chi connectivity index (χ3n) is 2.89. The fraction of sp³-hybridized carbons (Fsp3) is 0.467. The van der Waals surface area contributed by atoms with Crippen molar-refractivity contribution in [2.75, 3.05) is 6.61 Å². The molecular weight excluding hydrogens is 258 g/mol. The summed E-state index contributed by atoms with van der Waals surface area (Å²) in [5.41, 5.74) is 0.992. The first kappa shape index (κ1) is 16.2. The molecule has 0 aliphatic carbocycles. The Bertz CT molecular complexity index is 431. The van der Waals surface area contributed by atoms with Gasteiger partial charge in [0.25, 0.3) is 0 Å². The number of nitrogens with one attached hydrogen (secondary N) is 1. The second-order valence-corrected chi connectivity index (χ2v) is 4.99. The van der Waals surface area contributed by atoms with E-state index in [1.807, 2.05) is 44.2 Å². The van der Waals surface area contributed by atoms with Crippen LogP contribution in [-0.4, -0.2) is 29.6 Å². The summed E-state index contributed by atoms with van der Waals surface area (Å²) < 4.78 is 5.31. The van der Waals surface area contributed by atoms with Crippen LogP contribution in [0.25, 0.3) is 0 Å². The van der Waals surface area contributed by atoms with Crippen molar-refractivity contribution in [3.8, 4) is 0 Å². The Morgan fingerprint density at radius 2 is 1.90 bits per heavy atom. The fourth-order valence-electron chi connectivity index (χ4n) is 1.73. The highest BCUT2D eigenvalue weighted by atomic mass is 16.5. The molecule has 1 aromatic rings. The Kier molecular flexibility index (Phi) is 6.73. The monoisotopic (exact) mass is 279 g/mol. The molecular formula is C15H21NO4. The van der Waals surface area contributed by atoms with Crippen LogP contribution in [0.2, 0.25) is 0 Å². The van der Waals surface area contributed by atoms with Crippen LogP contribution in [0.5, 0.6) is 0 Å². The lowest BCUT2D eigenvalue weighted by Crippen LogP contribution is -2.41. The smallest absolute Gasteiger partial charge is 0.305 e. The highest BCUT2D eigenvalue weighted by molar-refractivity contribution is 5.78. The highest BCUT2D eigenvalue weighted by Crippen LogP contribution is 2.06. The zero-order chi connectivity index (χ0) is 15.0. The van der Waals surface area contributed by atoms with Crippen molar-refractivity contribution in [3.05, 3.63) is 35.9 Å². The van der Waals surface area contributed by atoms with Gasteiger partial charge in [0.15, 0.2) is 0 Å². The first-order valence-corrected chi connectivity index (χ1v) is 6.62. The average Bonchev–Trinajstić information content (AvgIpc) is 2.38. The summed E-state index contributed by atoms with van der Waals surface area (Å²) in [6, 6.07) is 9.18. The molecule has 1 unspecified atom stereocenters. The summed E-state index contributed by atoms with van der Waals surface area (Å²) in [7, 11) is 0. The number of carbonyl (C=O) groups excluding carboxylic acids is 1. The van der Waals surface area contributed by atoms with Gasteiger partial charge < -0.3 is 15.2 Å². The predicted molar refractivity (Wildman–Crippen MR) is 75.1 cm³/mol. The first-order chi connectivity index (χ1) is 9.49. The second-order valence-electron chi connectivity index (χ2n) is 4.99. The van der Waals surface area contributed by atoms with Gasteiger partial charge in [-0.2, -0.15) is 0 Å². The minimum absolute atomic E-state index is 0.0594. The largest absolute Gasteiger partial charge is 0.481 e. The summed E-state index contributed by atoms with van der Waals surface area (Å²) in [6.45, 7) is 4.04. The van der Waals surface area contributed by atoms with E-state index < -0.39 is 5.97 Å². The Morgan fingerprint density at radius 1 is 1.25 bits per heavy atom. The molecule has 2 N–H and O–H groups in total. The molecule has 5 nitrogen and oxygen atoms in total. The Hall–Kier alpha value is -1.88. The lowest BCUT2D eigenvalue weighted by molar-refractivity contribution is -0.138. The Morgan fingerprint density at radius 3 is 2.45 bits per heavy atom. The number of rotatable bonds is 8. The van der Waals surface area contributed by atoms with Gasteiger partial charge in [-0.05, 0) is 11.5 Å². The first-order valence-electron chi connectivity index (χ1n) is 6.62. The maximum Gasteiger partial charge on any atom is 0.305 e. The molecule has 0 fully saturated rings. The lowest BCUT2D eigenvalue weighted by Gasteiger charge is -2.20. The van der Waals surface area contributed by atoms with Gasteiger partial charge in [0, 0.05) is 6.04 Å². The number of amides is 1. The van der Waals surface area contributed by atoms with Crippen molar-refractivity contribution in [1.29, 1.82) is 0 Å². The van der Waals surface area contributed by atoms with Crippen molar-refractivity contribution in [2.45, 2.75) is 32.9 Å². The third kappa shape index (κ3) is 6.33. The fourth-order valence-corrected chi connectivity index (χ4v) is 1.73. The zero-order valence-corrected chi connectivity index (χ0v) is 11.8. The summed E-state index contributed by atoms with van der Waals surface area (Å²) in [5, 5.41) is 11.5. The van der Waals surface area contributed by atoms with E-state index in [1.54, 1.807) is 0 Å². The van der Waals surface area contributed by atoms with Gasteiger partial charge in [-0.3, -0.25) is 9.59 Å². The third-order valence-corrected chi connectivity index (χ3v) is 2.89. The van der Waals surface area contributed by atoms with E-state index in [0.717, 1.165) is 5.56 Å². The molecule has 1 atom stereocenters. The van der Waals surface area contributed by atoms with Gasteiger partial charge in [-0.25, -0.2) is 0 Å².